The van der Waals surface area contributed by atoms with Gasteiger partial charge in [0.25, 0.3) is 0 Å². The van der Waals surface area contributed by atoms with E-state index in [2.05, 4.69) is 4.98 Å². The Morgan fingerprint density at radius 1 is 1.14 bits per heavy atom. The summed E-state index contributed by atoms with van der Waals surface area (Å²) in [6.07, 6.45) is 2.65. The van der Waals surface area contributed by atoms with Crippen molar-refractivity contribution in [2.45, 2.75) is 0 Å². The molecule has 2 aromatic rings. The molecule has 108 valence electrons. The van der Waals surface area contributed by atoms with E-state index in [9.17, 15) is 19.7 Å². The zero-order valence-corrected chi connectivity index (χ0v) is 11.7. The predicted octanol–water partition coefficient (Wildman–Crippen LogP) is 2.45. The summed E-state index contributed by atoms with van der Waals surface area (Å²) in [5.41, 5.74) is -2.37. The Kier molecular flexibility index (Phi) is 4.25. The van der Waals surface area contributed by atoms with E-state index in [-0.39, 0.29) is 5.69 Å². The van der Waals surface area contributed by atoms with Gasteiger partial charge in [-0.2, -0.15) is 0 Å². The van der Waals surface area contributed by atoms with E-state index in [1.165, 1.54) is 18.2 Å². The van der Waals surface area contributed by atoms with E-state index in [4.69, 9.17) is 23.2 Å². The molecular weight excluding hydrogens is 321 g/mol. The third kappa shape index (κ3) is 3.39. The Labute approximate surface area is 127 Å². The highest BCUT2D eigenvalue weighted by atomic mass is 35.5. The topological polar surface area (TPSA) is 109 Å². The molecule has 0 aliphatic rings. The zero-order valence-electron chi connectivity index (χ0n) is 10.2. The van der Waals surface area contributed by atoms with Crippen LogP contribution in [0.25, 0.3) is 12.2 Å². The van der Waals surface area contributed by atoms with Crippen LogP contribution in [0.15, 0.2) is 27.8 Å². The normalized spacial score (nSPS) is 11.0. The first-order chi connectivity index (χ1) is 9.88. The van der Waals surface area contributed by atoms with Crippen molar-refractivity contribution in [2.75, 3.05) is 0 Å². The van der Waals surface area contributed by atoms with E-state index < -0.39 is 21.9 Å². The summed E-state index contributed by atoms with van der Waals surface area (Å²) in [5.74, 6) is 0. The molecule has 0 aliphatic heterocycles. The fourth-order valence-electron chi connectivity index (χ4n) is 1.61. The van der Waals surface area contributed by atoms with Crippen LogP contribution >= 0.6 is 23.2 Å². The molecule has 0 saturated heterocycles. The average Bonchev–Trinajstić information content (AvgIpc) is 2.36. The molecule has 0 saturated carbocycles. The van der Waals surface area contributed by atoms with Gasteiger partial charge in [-0.1, -0.05) is 35.3 Å². The average molecular weight is 328 g/mol. The van der Waals surface area contributed by atoms with Crippen LogP contribution in [0.1, 0.15) is 11.3 Å². The lowest BCUT2D eigenvalue weighted by Crippen LogP contribution is -2.25. The van der Waals surface area contributed by atoms with E-state index in [0.29, 0.717) is 15.6 Å². The first-order valence-electron chi connectivity index (χ1n) is 5.52. The van der Waals surface area contributed by atoms with Crippen molar-refractivity contribution in [3.8, 4) is 0 Å². The minimum absolute atomic E-state index is 0.222. The van der Waals surface area contributed by atoms with Crippen LogP contribution in [0.4, 0.5) is 5.69 Å². The first-order valence-corrected chi connectivity index (χ1v) is 6.28. The smallest absolute Gasteiger partial charge is 0.301 e. The van der Waals surface area contributed by atoms with Crippen LogP contribution < -0.4 is 11.2 Å². The Morgan fingerprint density at radius 3 is 2.48 bits per heavy atom. The molecule has 1 heterocycles. The minimum Gasteiger partial charge on any atom is -0.301 e. The first kappa shape index (κ1) is 15.0. The number of halogens is 2. The largest absolute Gasteiger partial charge is 0.357 e. The van der Waals surface area contributed by atoms with Gasteiger partial charge >= 0.3 is 16.9 Å². The Bertz CT molecular complexity index is 854. The third-order valence-electron chi connectivity index (χ3n) is 2.52. The predicted molar refractivity (Wildman–Crippen MR) is 79.7 cm³/mol. The highest BCUT2D eigenvalue weighted by molar-refractivity contribution is 6.35. The fraction of sp³-hybridized carbons (Fsp3) is 0. The fourth-order valence-corrected chi connectivity index (χ4v) is 2.08. The van der Waals surface area contributed by atoms with E-state index in [0.717, 1.165) is 0 Å². The van der Waals surface area contributed by atoms with Crippen LogP contribution in [0.2, 0.25) is 10.0 Å². The zero-order chi connectivity index (χ0) is 15.6. The lowest BCUT2D eigenvalue weighted by molar-refractivity contribution is -0.386. The molecule has 0 atom stereocenters. The highest BCUT2D eigenvalue weighted by Gasteiger charge is 2.18. The summed E-state index contributed by atoms with van der Waals surface area (Å²) < 4.78 is 0. The number of hydrogen-bond donors (Lipinski definition) is 2. The molecule has 21 heavy (non-hydrogen) atoms. The Balaban J connectivity index is 2.53. The van der Waals surface area contributed by atoms with Gasteiger partial charge in [0.2, 0.25) is 0 Å². The Hall–Kier alpha value is -2.38. The van der Waals surface area contributed by atoms with E-state index in [1.807, 2.05) is 0 Å². The number of aromatic amines is 2. The molecule has 2 rings (SSSR count). The molecule has 0 unspecified atom stereocenters. The second kappa shape index (κ2) is 5.94. The van der Waals surface area contributed by atoms with Gasteiger partial charge in [0, 0.05) is 10.0 Å². The molecule has 1 aromatic heterocycles. The third-order valence-corrected chi connectivity index (χ3v) is 3.08. The van der Waals surface area contributed by atoms with Crippen LogP contribution in [-0.2, 0) is 0 Å². The summed E-state index contributed by atoms with van der Waals surface area (Å²) in [5, 5.41) is 11.6. The molecule has 0 fully saturated rings. The van der Waals surface area contributed by atoms with Crippen molar-refractivity contribution in [1.29, 1.82) is 0 Å². The van der Waals surface area contributed by atoms with Crippen LogP contribution in [0.5, 0.6) is 0 Å². The van der Waals surface area contributed by atoms with Gasteiger partial charge in [-0.05, 0) is 23.8 Å². The maximum absolute atomic E-state index is 11.4. The van der Waals surface area contributed by atoms with Gasteiger partial charge in [0.1, 0.15) is 5.69 Å². The standard InChI is InChI=1S/C12H7Cl2N3O4/c13-7-3-1-6(8(14)5-7)2-4-9-10(17(20)21)11(18)16-12(19)15-9/h1-5H,(H2,15,16,18,19). The van der Waals surface area contributed by atoms with Gasteiger partial charge in [0.15, 0.2) is 0 Å². The second-order valence-electron chi connectivity index (χ2n) is 3.93. The number of hydrogen-bond acceptors (Lipinski definition) is 4. The molecule has 2 N–H and O–H groups in total. The molecule has 0 amide bonds. The van der Waals surface area contributed by atoms with E-state index in [1.54, 1.807) is 17.1 Å². The number of rotatable bonds is 3. The summed E-state index contributed by atoms with van der Waals surface area (Å²) in [7, 11) is 0. The van der Waals surface area contributed by atoms with Gasteiger partial charge in [-0.15, -0.1) is 0 Å². The van der Waals surface area contributed by atoms with Crippen molar-refractivity contribution in [2.24, 2.45) is 0 Å². The number of H-pyrrole nitrogens is 2. The maximum Gasteiger partial charge on any atom is 0.357 e. The summed E-state index contributed by atoms with van der Waals surface area (Å²) in [6, 6.07) is 4.68. The summed E-state index contributed by atoms with van der Waals surface area (Å²) in [6.45, 7) is 0. The van der Waals surface area contributed by atoms with E-state index >= 15 is 0 Å². The van der Waals surface area contributed by atoms with Gasteiger partial charge in [0.05, 0.1) is 4.92 Å². The number of nitrogens with zero attached hydrogens (tertiary/aromatic N) is 1. The van der Waals surface area contributed by atoms with Gasteiger partial charge in [-0.25, -0.2) is 4.79 Å². The van der Waals surface area contributed by atoms with Crippen LogP contribution in [0.3, 0.4) is 0 Å². The second-order valence-corrected chi connectivity index (χ2v) is 4.77. The number of nitrogens with one attached hydrogen (secondary N) is 2. The van der Waals surface area contributed by atoms with Crippen LogP contribution in [0, 0.1) is 10.1 Å². The number of aromatic nitrogens is 2. The molecular formula is C12H7Cl2N3O4. The van der Waals surface area contributed by atoms with Crippen molar-refractivity contribution in [3.05, 3.63) is 70.5 Å². The number of benzene rings is 1. The van der Waals surface area contributed by atoms with Crippen LogP contribution in [-0.4, -0.2) is 14.9 Å². The van der Waals surface area contributed by atoms with Gasteiger partial charge < -0.3 is 4.98 Å². The summed E-state index contributed by atoms with van der Waals surface area (Å²) >= 11 is 11.7. The molecule has 0 aliphatic carbocycles. The van der Waals surface area contributed by atoms with Gasteiger partial charge in [-0.3, -0.25) is 19.9 Å². The molecule has 0 radical (unpaired) electrons. The number of nitro groups is 1. The monoisotopic (exact) mass is 327 g/mol. The quantitative estimate of drug-likeness (QED) is 0.666. The lowest BCUT2D eigenvalue weighted by Gasteiger charge is -1.99. The molecule has 0 bridgehead atoms. The summed E-state index contributed by atoms with van der Waals surface area (Å²) in [4.78, 5) is 36.6. The molecule has 9 heteroatoms. The molecule has 0 spiro atoms. The minimum atomic E-state index is -1.08. The van der Waals surface area contributed by atoms with Crippen molar-refractivity contribution in [1.82, 2.24) is 9.97 Å². The molecule has 1 aromatic carbocycles. The SMILES string of the molecule is O=c1[nH]c(C=Cc2ccc(Cl)cc2Cl)c([N+](=O)[O-])c(=O)[nH]1. The highest BCUT2D eigenvalue weighted by Crippen LogP contribution is 2.23. The van der Waals surface area contributed by atoms with Crippen molar-refractivity contribution < 1.29 is 4.92 Å². The Morgan fingerprint density at radius 2 is 1.86 bits per heavy atom. The lowest BCUT2D eigenvalue weighted by atomic mass is 10.2. The van der Waals surface area contributed by atoms with Crippen molar-refractivity contribution in [3.63, 3.8) is 0 Å². The van der Waals surface area contributed by atoms with Crippen molar-refractivity contribution >= 4 is 41.0 Å². The molecule has 7 nitrogen and oxygen atoms in total. The maximum atomic E-state index is 11.4.